The van der Waals surface area contributed by atoms with Gasteiger partial charge in [-0.15, -0.1) is 11.3 Å². The van der Waals surface area contributed by atoms with Crippen molar-refractivity contribution in [2.24, 2.45) is 0 Å². The van der Waals surface area contributed by atoms with Gasteiger partial charge >= 0.3 is 0 Å². The molecule has 2 aromatic heterocycles. The van der Waals surface area contributed by atoms with Crippen LogP contribution in [0.5, 0.6) is 0 Å². The SMILES string of the molecule is O=C1CCCCCC1c1nc(-c2cccs2)no1. The average molecular weight is 262 g/mol. The zero-order valence-electron chi connectivity index (χ0n) is 9.96. The van der Waals surface area contributed by atoms with Gasteiger partial charge in [-0.2, -0.15) is 4.98 Å². The quantitative estimate of drug-likeness (QED) is 0.778. The smallest absolute Gasteiger partial charge is 0.237 e. The summed E-state index contributed by atoms with van der Waals surface area (Å²) in [6.45, 7) is 0. The Labute approximate surface area is 109 Å². The molecule has 0 aliphatic heterocycles. The molecule has 0 bridgehead atoms. The van der Waals surface area contributed by atoms with E-state index in [2.05, 4.69) is 10.1 Å². The number of thiophene rings is 1. The van der Waals surface area contributed by atoms with Crippen LogP contribution in [0.4, 0.5) is 0 Å². The maximum absolute atomic E-state index is 12.0. The first-order chi connectivity index (χ1) is 8.84. The van der Waals surface area contributed by atoms with Gasteiger partial charge in [-0.05, 0) is 24.3 Å². The van der Waals surface area contributed by atoms with Crippen molar-refractivity contribution >= 4 is 17.1 Å². The van der Waals surface area contributed by atoms with Gasteiger partial charge in [0.2, 0.25) is 11.7 Å². The summed E-state index contributed by atoms with van der Waals surface area (Å²) >= 11 is 1.57. The number of ketones is 1. The van der Waals surface area contributed by atoms with Crippen molar-refractivity contribution in [1.29, 1.82) is 0 Å². The zero-order chi connectivity index (χ0) is 12.4. The van der Waals surface area contributed by atoms with Crippen molar-refractivity contribution in [1.82, 2.24) is 10.1 Å². The normalized spacial score (nSPS) is 20.9. The van der Waals surface area contributed by atoms with Gasteiger partial charge in [-0.1, -0.05) is 24.1 Å². The monoisotopic (exact) mass is 262 g/mol. The lowest BCUT2D eigenvalue weighted by Crippen LogP contribution is -2.10. The molecule has 1 saturated carbocycles. The number of carbonyl (C=O) groups is 1. The van der Waals surface area contributed by atoms with Crippen LogP contribution >= 0.6 is 11.3 Å². The molecular formula is C13H14N2O2S. The number of aromatic nitrogens is 2. The summed E-state index contributed by atoms with van der Waals surface area (Å²) in [6.07, 6.45) is 4.65. The van der Waals surface area contributed by atoms with Crippen molar-refractivity contribution in [2.45, 2.75) is 38.0 Å². The van der Waals surface area contributed by atoms with E-state index >= 15 is 0 Å². The van der Waals surface area contributed by atoms with Crippen LogP contribution in [0.3, 0.4) is 0 Å². The molecule has 4 nitrogen and oxygen atoms in total. The topological polar surface area (TPSA) is 56.0 Å². The molecule has 0 spiro atoms. The molecule has 0 amide bonds. The van der Waals surface area contributed by atoms with E-state index < -0.39 is 0 Å². The number of hydrogen-bond acceptors (Lipinski definition) is 5. The summed E-state index contributed by atoms with van der Waals surface area (Å²) in [4.78, 5) is 17.3. The molecule has 18 heavy (non-hydrogen) atoms. The van der Waals surface area contributed by atoms with Crippen molar-refractivity contribution in [3.05, 3.63) is 23.4 Å². The Kier molecular flexibility index (Phi) is 3.23. The first-order valence-corrected chi connectivity index (χ1v) is 7.13. The molecule has 3 rings (SSSR count). The Morgan fingerprint density at radius 1 is 1.33 bits per heavy atom. The first kappa shape index (κ1) is 11.6. The van der Waals surface area contributed by atoms with Crippen LogP contribution in [0, 0.1) is 0 Å². The first-order valence-electron chi connectivity index (χ1n) is 6.25. The summed E-state index contributed by atoms with van der Waals surface area (Å²) in [5.74, 6) is 1.14. The van der Waals surface area contributed by atoms with Gasteiger partial charge in [0.1, 0.15) is 5.78 Å². The number of Topliss-reactive ketones (excluding diaryl/α,β-unsaturated/α-hetero) is 1. The summed E-state index contributed by atoms with van der Waals surface area (Å²) in [6, 6.07) is 3.90. The van der Waals surface area contributed by atoms with Crippen LogP contribution in [0.25, 0.3) is 10.7 Å². The third-order valence-electron chi connectivity index (χ3n) is 3.29. The Hall–Kier alpha value is -1.49. The van der Waals surface area contributed by atoms with E-state index in [0.717, 1.165) is 30.6 Å². The molecule has 1 aliphatic rings. The Morgan fingerprint density at radius 2 is 2.28 bits per heavy atom. The van der Waals surface area contributed by atoms with E-state index in [0.29, 0.717) is 18.1 Å². The summed E-state index contributed by atoms with van der Waals surface area (Å²) in [5, 5.41) is 5.95. The molecule has 0 radical (unpaired) electrons. The molecule has 1 atom stereocenters. The van der Waals surface area contributed by atoms with Gasteiger partial charge in [0.15, 0.2) is 0 Å². The Morgan fingerprint density at radius 3 is 3.11 bits per heavy atom. The van der Waals surface area contributed by atoms with Crippen molar-refractivity contribution in [2.75, 3.05) is 0 Å². The Bertz CT molecular complexity index is 533. The van der Waals surface area contributed by atoms with Crippen LogP contribution in [0.1, 0.15) is 43.9 Å². The van der Waals surface area contributed by atoms with Crippen LogP contribution < -0.4 is 0 Å². The molecule has 5 heteroatoms. The van der Waals surface area contributed by atoms with Gasteiger partial charge in [0, 0.05) is 6.42 Å². The van der Waals surface area contributed by atoms with E-state index in [4.69, 9.17) is 4.52 Å². The number of hydrogen-bond donors (Lipinski definition) is 0. The highest BCUT2D eigenvalue weighted by Crippen LogP contribution is 2.30. The molecule has 94 valence electrons. The summed E-state index contributed by atoms with van der Waals surface area (Å²) in [5.41, 5.74) is 0. The number of nitrogens with zero attached hydrogens (tertiary/aromatic N) is 2. The molecule has 2 heterocycles. The number of carbonyl (C=O) groups excluding carboxylic acids is 1. The van der Waals surface area contributed by atoms with Gasteiger partial charge < -0.3 is 4.52 Å². The van der Waals surface area contributed by atoms with Gasteiger partial charge in [0.05, 0.1) is 10.8 Å². The number of rotatable bonds is 2. The van der Waals surface area contributed by atoms with E-state index in [-0.39, 0.29) is 11.7 Å². The van der Waals surface area contributed by atoms with Gasteiger partial charge in [0.25, 0.3) is 0 Å². The van der Waals surface area contributed by atoms with E-state index in [9.17, 15) is 4.79 Å². The maximum Gasteiger partial charge on any atom is 0.237 e. The molecule has 1 fully saturated rings. The fourth-order valence-electron chi connectivity index (χ4n) is 2.30. The second-order valence-corrected chi connectivity index (χ2v) is 5.50. The van der Waals surface area contributed by atoms with E-state index in [1.54, 1.807) is 11.3 Å². The average Bonchev–Trinajstić information content (AvgIpc) is 3.00. The fraction of sp³-hybridized carbons (Fsp3) is 0.462. The van der Waals surface area contributed by atoms with Crippen molar-refractivity contribution in [3.63, 3.8) is 0 Å². The minimum Gasteiger partial charge on any atom is -0.338 e. The third-order valence-corrected chi connectivity index (χ3v) is 4.15. The molecule has 0 saturated heterocycles. The summed E-state index contributed by atoms with van der Waals surface area (Å²) < 4.78 is 5.28. The van der Waals surface area contributed by atoms with Crippen LogP contribution in [0.2, 0.25) is 0 Å². The molecule has 2 aromatic rings. The lowest BCUT2D eigenvalue weighted by atomic mass is 9.99. The standard InChI is InChI=1S/C13H14N2O2S/c16-10-6-3-1-2-5-9(10)13-14-12(15-17-13)11-7-4-8-18-11/h4,7-9H,1-3,5-6H2. The molecule has 0 N–H and O–H groups in total. The second-order valence-electron chi connectivity index (χ2n) is 4.55. The Balaban J connectivity index is 1.86. The van der Waals surface area contributed by atoms with Crippen LogP contribution in [-0.4, -0.2) is 15.9 Å². The predicted molar refractivity (Wildman–Crippen MR) is 68.4 cm³/mol. The van der Waals surface area contributed by atoms with E-state index in [1.165, 1.54) is 0 Å². The van der Waals surface area contributed by atoms with Gasteiger partial charge in [-0.25, -0.2) is 0 Å². The molecule has 0 aromatic carbocycles. The highest BCUT2D eigenvalue weighted by Gasteiger charge is 2.27. The molecule has 1 aliphatic carbocycles. The lowest BCUT2D eigenvalue weighted by molar-refractivity contribution is -0.120. The predicted octanol–water partition coefficient (Wildman–Crippen LogP) is 3.41. The van der Waals surface area contributed by atoms with Crippen LogP contribution in [0.15, 0.2) is 22.0 Å². The highest BCUT2D eigenvalue weighted by molar-refractivity contribution is 7.13. The third kappa shape index (κ3) is 2.22. The van der Waals surface area contributed by atoms with Crippen LogP contribution in [-0.2, 0) is 4.79 Å². The van der Waals surface area contributed by atoms with E-state index in [1.807, 2.05) is 17.5 Å². The molecule has 1 unspecified atom stereocenters. The second kappa shape index (κ2) is 5.02. The van der Waals surface area contributed by atoms with Crippen molar-refractivity contribution < 1.29 is 9.32 Å². The lowest BCUT2D eigenvalue weighted by Gasteiger charge is -2.06. The van der Waals surface area contributed by atoms with Gasteiger partial charge in [-0.3, -0.25) is 4.79 Å². The minimum atomic E-state index is -0.186. The minimum absolute atomic E-state index is 0.186. The molecular weight excluding hydrogens is 248 g/mol. The maximum atomic E-state index is 12.0. The van der Waals surface area contributed by atoms with Crippen molar-refractivity contribution in [3.8, 4) is 10.7 Å². The summed E-state index contributed by atoms with van der Waals surface area (Å²) in [7, 11) is 0. The largest absolute Gasteiger partial charge is 0.338 e. The highest BCUT2D eigenvalue weighted by atomic mass is 32.1. The fourth-order valence-corrected chi connectivity index (χ4v) is 2.95. The zero-order valence-corrected chi connectivity index (χ0v) is 10.8.